The third-order valence-electron chi connectivity index (χ3n) is 2.81. The van der Waals surface area contributed by atoms with Gasteiger partial charge in [-0.2, -0.15) is 0 Å². The van der Waals surface area contributed by atoms with Crippen LogP contribution in [-0.2, 0) is 0 Å². The van der Waals surface area contributed by atoms with Crippen molar-refractivity contribution in [2.75, 3.05) is 12.3 Å². The fourth-order valence-corrected chi connectivity index (χ4v) is 4.49. The Bertz CT molecular complexity index is 542. The molecule has 0 radical (unpaired) electrons. The van der Waals surface area contributed by atoms with E-state index in [1.165, 1.54) is 9.77 Å². The number of hydrogen-bond donors (Lipinski definition) is 1. The van der Waals surface area contributed by atoms with Crippen LogP contribution < -0.4 is 5.32 Å². The fraction of sp³-hybridized carbons (Fsp3) is 0.333. The van der Waals surface area contributed by atoms with Crippen LogP contribution in [0, 0.1) is 0 Å². The highest BCUT2D eigenvalue weighted by atomic mass is 35.5. The predicted molar refractivity (Wildman–Crippen MR) is 92.5 cm³/mol. The van der Waals surface area contributed by atoms with E-state index in [9.17, 15) is 0 Å². The summed E-state index contributed by atoms with van der Waals surface area (Å²) in [5.74, 6) is 0.945. The lowest BCUT2D eigenvalue weighted by Gasteiger charge is -2.17. The normalized spacial score (nSPS) is 12.6. The van der Waals surface area contributed by atoms with E-state index < -0.39 is 0 Å². The summed E-state index contributed by atoms with van der Waals surface area (Å²) in [6.07, 6.45) is 1.11. The number of thiophene rings is 1. The molecule has 0 aliphatic rings. The van der Waals surface area contributed by atoms with Gasteiger partial charge in [-0.15, -0.1) is 23.1 Å². The molecule has 1 unspecified atom stereocenters. The Balaban J connectivity index is 2.03. The van der Waals surface area contributed by atoms with Crippen LogP contribution in [0.4, 0.5) is 0 Å². The molecule has 108 valence electrons. The zero-order chi connectivity index (χ0) is 14.4. The van der Waals surface area contributed by atoms with Gasteiger partial charge in [-0.05, 0) is 42.6 Å². The number of rotatable bonds is 7. The lowest BCUT2D eigenvalue weighted by atomic mass is 10.2. The van der Waals surface area contributed by atoms with Crippen LogP contribution in [0.2, 0.25) is 10.0 Å². The third-order valence-corrected chi connectivity index (χ3v) is 5.61. The molecule has 1 heterocycles. The van der Waals surface area contributed by atoms with E-state index in [1.54, 1.807) is 23.1 Å². The molecular weight excluding hydrogens is 329 g/mol. The molecule has 1 atom stereocenters. The van der Waals surface area contributed by atoms with Crippen molar-refractivity contribution in [3.63, 3.8) is 0 Å². The van der Waals surface area contributed by atoms with Crippen molar-refractivity contribution in [3.05, 3.63) is 50.6 Å². The van der Waals surface area contributed by atoms with E-state index in [0.717, 1.165) is 28.8 Å². The summed E-state index contributed by atoms with van der Waals surface area (Å²) >= 11 is 15.8. The second-order valence-electron chi connectivity index (χ2n) is 4.41. The lowest BCUT2D eigenvalue weighted by Crippen LogP contribution is -2.23. The lowest BCUT2D eigenvalue weighted by molar-refractivity contribution is 0.585. The first-order valence-corrected chi connectivity index (χ1v) is 9.17. The van der Waals surface area contributed by atoms with E-state index in [-0.39, 0.29) is 6.04 Å². The van der Waals surface area contributed by atoms with Gasteiger partial charge in [-0.25, -0.2) is 0 Å². The molecule has 20 heavy (non-hydrogen) atoms. The molecular formula is C15H17Cl2NS2. The molecule has 0 aliphatic heterocycles. The molecule has 5 heteroatoms. The van der Waals surface area contributed by atoms with Gasteiger partial charge >= 0.3 is 0 Å². The van der Waals surface area contributed by atoms with Crippen molar-refractivity contribution < 1.29 is 0 Å². The monoisotopic (exact) mass is 345 g/mol. The summed E-state index contributed by atoms with van der Waals surface area (Å²) in [4.78, 5) is 2.41. The first-order chi connectivity index (χ1) is 9.70. The summed E-state index contributed by atoms with van der Waals surface area (Å²) in [6, 6.07) is 10.2. The van der Waals surface area contributed by atoms with Gasteiger partial charge in [-0.1, -0.05) is 36.2 Å². The molecule has 2 rings (SSSR count). The molecule has 1 aromatic heterocycles. The second-order valence-corrected chi connectivity index (χ2v) is 7.29. The molecule has 2 aromatic rings. The third kappa shape index (κ3) is 4.68. The van der Waals surface area contributed by atoms with Crippen LogP contribution in [-0.4, -0.2) is 12.3 Å². The van der Waals surface area contributed by atoms with E-state index in [1.807, 2.05) is 29.6 Å². The molecule has 0 amide bonds. The van der Waals surface area contributed by atoms with Crippen LogP contribution in [0.1, 0.15) is 24.3 Å². The van der Waals surface area contributed by atoms with Crippen molar-refractivity contribution in [2.24, 2.45) is 0 Å². The molecule has 0 saturated heterocycles. The van der Waals surface area contributed by atoms with Crippen molar-refractivity contribution >= 4 is 46.3 Å². The minimum absolute atomic E-state index is 0.284. The van der Waals surface area contributed by atoms with E-state index in [0.29, 0.717) is 0 Å². The van der Waals surface area contributed by atoms with Crippen LogP contribution in [0.25, 0.3) is 0 Å². The van der Waals surface area contributed by atoms with Gasteiger partial charge in [0.25, 0.3) is 0 Å². The largest absolute Gasteiger partial charge is 0.309 e. The van der Waals surface area contributed by atoms with Gasteiger partial charge in [0.1, 0.15) is 0 Å². The van der Waals surface area contributed by atoms with Crippen LogP contribution in [0.3, 0.4) is 0 Å². The van der Waals surface area contributed by atoms with Crippen LogP contribution in [0.5, 0.6) is 0 Å². The molecule has 0 spiro atoms. The van der Waals surface area contributed by atoms with Gasteiger partial charge in [0.05, 0.1) is 11.1 Å². The molecule has 0 bridgehead atoms. The SMILES string of the molecule is CCCNC(CSc1cccc(Cl)c1)c1sccc1Cl. The maximum Gasteiger partial charge on any atom is 0.0561 e. The number of thioether (sulfide) groups is 1. The van der Waals surface area contributed by atoms with Crippen molar-refractivity contribution in [3.8, 4) is 0 Å². The summed E-state index contributed by atoms with van der Waals surface area (Å²) in [6.45, 7) is 3.17. The van der Waals surface area contributed by atoms with Crippen molar-refractivity contribution in [1.82, 2.24) is 5.32 Å². The minimum Gasteiger partial charge on any atom is -0.309 e. The average molecular weight is 346 g/mol. The highest BCUT2D eigenvalue weighted by Crippen LogP contribution is 2.33. The Morgan fingerprint density at radius 3 is 2.80 bits per heavy atom. The van der Waals surface area contributed by atoms with Crippen molar-refractivity contribution in [2.45, 2.75) is 24.3 Å². The molecule has 1 nitrogen and oxygen atoms in total. The highest BCUT2D eigenvalue weighted by molar-refractivity contribution is 7.99. The standard InChI is InChI=1S/C15H17Cl2NS2/c1-2-7-18-14(15-13(17)6-8-19-15)10-20-12-5-3-4-11(16)9-12/h3-6,8-9,14,18H,2,7,10H2,1H3. The summed E-state index contributed by atoms with van der Waals surface area (Å²) in [7, 11) is 0. The minimum atomic E-state index is 0.284. The summed E-state index contributed by atoms with van der Waals surface area (Å²) in [5.41, 5.74) is 0. The zero-order valence-corrected chi connectivity index (χ0v) is 14.4. The van der Waals surface area contributed by atoms with Gasteiger partial charge in [0, 0.05) is 20.5 Å². The van der Waals surface area contributed by atoms with E-state index in [4.69, 9.17) is 23.2 Å². The fourth-order valence-electron chi connectivity index (χ4n) is 1.84. The second kappa shape index (κ2) is 8.30. The maximum absolute atomic E-state index is 6.26. The quantitative estimate of drug-likeness (QED) is 0.628. The van der Waals surface area contributed by atoms with E-state index in [2.05, 4.69) is 18.3 Å². The maximum atomic E-state index is 6.26. The summed E-state index contributed by atoms with van der Waals surface area (Å²) < 4.78 is 0. The number of benzene rings is 1. The Kier molecular flexibility index (Phi) is 6.72. The molecule has 0 aliphatic carbocycles. The number of hydrogen-bond acceptors (Lipinski definition) is 3. The molecule has 1 N–H and O–H groups in total. The summed E-state index contributed by atoms with van der Waals surface area (Å²) in [5, 5.41) is 7.25. The Labute approximate surface area is 138 Å². The number of nitrogens with one attached hydrogen (secondary N) is 1. The Morgan fingerprint density at radius 2 is 2.15 bits per heavy atom. The Morgan fingerprint density at radius 1 is 1.30 bits per heavy atom. The van der Waals surface area contributed by atoms with Gasteiger partial charge < -0.3 is 5.32 Å². The average Bonchev–Trinajstić information content (AvgIpc) is 2.85. The molecule has 0 fully saturated rings. The van der Waals surface area contributed by atoms with Gasteiger partial charge in [-0.3, -0.25) is 0 Å². The first-order valence-electron chi connectivity index (χ1n) is 6.55. The Hall–Kier alpha value is -0.190. The first kappa shape index (κ1) is 16.2. The smallest absolute Gasteiger partial charge is 0.0561 e. The molecule has 1 aromatic carbocycles. The van der Waals surface area contributed by atoms with E-state index >= 15 is 0 Å². The van der Waals surface area contributed by atoms with Crippen LogP contribution in [0.15, 0.2) is 40.6 Å². The molecule has 0 saturated carbocycles. The highest BCUT2D eigenvalue weighted by Gasteiger charge is 2.16. The topological polar surface area (TPSA) is 12.0 Å². The predicted octanol–water partition coefficient (Wildman–Crippen LogP) is 5.89. The van der Waals surface area contributed by atoms with Crippen LogP contribution >= 0.6 is 46.3 Å². The van der Waals surface area contributed by atoms with Gasteiger partial charge in [0.2, 0.25) is 0 Å². The number of halogens is 2. The van der Waals surface area contributed by atoms with Crippen molar-refractivity contribution in [1.29, 1.82) is 0 Å². The zero-order valence-electron chi connectivity index (χ0n) is 11.2. The van der Waals surface area contributed by atoms with Gasteiger partial charge in [0.15, 0.2) is 0 Å².